The molecule has 28 heteroatoms. The zero-order valence-electron chi connectivity index (χ0n) is 58.3. The molecule has 3 rings (SSSR count). The molecule has 97 heavy (non-hydrogen) atoms. The SMILES string of the molecule is CCCCCCCC/C=C\CCCCCCCC(=O)O[C@H](COC(=O)CCCCCC/C=C/CCCCCCCCC)COP(C)(=O)OCCNC(=O)CCCCC(=O)NCCCO[C@@H]1OC(CO)[C@@H](O[C@@H]2OC(CO)[C@H](O[C@H]3OC(CO)[C@H](O)[C@H](O)C3O)[C@H](O)C2O)[C@H](O)C1O. The molecule has 3 aliphatic heterocycles. The molecule has 0 aliphatic carbocycles. The van der Waals surface area contributed by atoms with Gasteiger partial charge in [-0.25, -0.2) is 0 Å². The molecule has 17 atom stereocenters. The van der Waals surface area contributed by atoms with Crippen molar-refractivity contribution >= 4 is 31.3 Å². The number of rotatable bonds is 57. The molecular weight excluding hydrogens is 1290 g/mol. The summed E-state index contributed by atoms with van der Waals surface area (Å²) in [5, 5.41) is 110. The summed E-state index contributed by atoms with van der Waals surface area (Å²) in [6, 6.07) is 0. The maximum absolute atomic E-state index is 13.3. The lowest BCUT2D eigenvalue weighted by atomic mass is 9.96. The largest absolute Gasteiger partial charge is 0.462 e. The van der Waals surface area contributed by atoms with Crippen LogP contribution in [0.4, 0.5) is 0 Å². The summed E-state index contributed by atoms with van der Waals surface area (Å²) in [4.78, 5) is 50.9. The fraction of sp³-hybridized carbons (Fsp3) is 0.884. The molecular formula is C69H125N2O25P. The van der Waals surface area contributed by atoms with Gasteiger partial charge in [-0.1, -0.05) is 141 Å². The van der Waals surface area contributed by atoms with E-state index in [1.165, 1.54) is 90.1 Å². The van der Waals surface area contributed by atoms with E-state index in [-0.39, 0.29) is 83.4 Å². The second kappa shape index (κ2) is 53.7. The molecule has 0 spiro atoms. The molecule has 2 amide bonds. The molecule has 566 valence electrons. The Bertz CT molecular complexity index is 2160. The van der Waals surface area contributed by atoms with Crippen LogP contribution in [0.2, 0.25) is 0 Å². The van der Waals surface area contributed by atoms with Gasteiger partial charge in [0.05, 0.1) is 39.6 Å². The number of ether oxygens (including phenoxy) is 8. The molecule has 0 aromatic carbocycles. The van der Waals surface area contributed by atoms with Gasteiger partial charge in [0, 0.05) is 45.4 Å². The van der Waals surface area contributed by atoms with Gasteiger partial charge in [0.25, 0.3) is 0 Å². The van der Waals surface area contributed by atoms with E-state index >= 15 is 0 Å². The van der Waals surface area contributed by atoms with Gasteiger partial charge in [-0.05, 0) is 83.5 Å². The maximum atomic E-state index is 13.3. The standard InChI is InChI=1S/C69H125N2O25P/c1-4-6-8-10-12-14-16-18-20-22-24-26-28-30-32-39-56(77)88-48-50(91-57(78)40-33-31-29-27-25-23-21-19-17-15-13-11-9-7-5-2)49-90-97(3,86)89-44-42-71-55(76)38-35-34-37-54(75)70-41-36-43-87-67-63(84)60(81)65(52(46-73)93-67)96-69-64(85)61(82)66(53(47-74)94-69)95-68-62(83)59(80)58(79)51(45-72)92-68/h19-22,50-53,58-69,72-74,79-85H,4-18,23-49H2,1-3H3,(H,70,75)(H,71,76)/b21-19-,22-20+/t50-,51?,52?,53?,58+,59+,60-,61-,62?,63?,64?,65-,66+,67-,68-,69+,97?/m1/s1. The number of carbonyl (C=O) groups excluding carboxylic acids is 4. The Kier molecular flexibility index (Phi) is 48.7. The normalized spacial score (nSPS) is 27.0. The van der Waals surface area contributed by atoms with Crippen LogP contribution in [-0.4, -0.2) is 239 Å². The average molecular weight is 1410 g/mol. The molecule has 0 aromatic heterocycles. The van der Waals surface area contributed by atoms with Crippen molar-refractivity contribution in [3.05, 3.63) is 24.3 Å². The van der Waals surface area contributed by atoms with Gasteiger partial charge in [-0.2, -0.15) is 0 Å². The lowest BCUT2D eigenvalue weighted by molar-refractivity contribution is -0.379. The van der Waals surface area contributed by atoms with Crippen molar-refractivity contribution in [2.75, 3.05) is 66.0 Å². The number of allylic oxidation sites excluding steroid dienone is 4. The minimum atomic E-state index is -3.72. The smallest absolute Gasteiger partial charge is 0.327 e. The van der Waals surface area contributed by atoms with Crippen LogP contribution in [0.15, 0.2) is 24.3 Å². The number of aliphatic hydroxyl groups is 10. The number of esters is 2. The second-order valence-electron chi connectivity index (χ2n) is 25.8. The number of amides is 2. The predicted molar refractivity (Wildman–Crippen MR) is 359 cm³/mol. The average Bonchev–Trinajstić information content (AvgIpc) is 0.784. The third kappa shape index (κ3) is 37.6. The van der Waals surface area contributed by atoms with Gasteiger partial charge in [-0.3, -0.25) is 23.7 Å². The molecule has 0 aromatic rings. The number of carbonyl (C=O) groups is 4. The summed E-state index contributed by atoms with van der Waals surface area (Å²) in [5.74, 6) is -1.51. The number of nitrogens with one attached hydrogen (secondary N) is 2. The molecule has 3 saturated heterocycles. The molecule has 3 fully saturated rings. The highest BCUT2D eigenvalue weighted by Crippen LogP contribution is 2.44. The number of aliphatic hydroxyl groups excluding tert-OH is 10. The van der Waals surface area contributed by atoms with Crippen molar-refractivity contribution in [2.45, 2.75) is 324 Å². The molecule has 7 unspecified atom stereocenters. The summed E-state index contributed by atoms with van der Waals surface area (Å²) >= 11 is 0. The first-order valence-corrected chi connectivity index (χ1v) is 38.3. The highest BCUT2D eigenvalue weighted by molar-refractivity contribution is 7.52. The van der Waals surface area contributed by atoms with E-state index in [2.05, 4.69) is 48.8 Å². The lowest BCUT2D eigenvalue weighted by Gasteiger charge is -2.48. The van der Waals surface area contributed by atoms with E-state index in [0.717, 1.165) is 70.6 Å². The lowest BCUT2D eigenvalue weighted by Crippen LogP contribution is -2.66. The highest BCUT2D eigenvalue weighted by Gasteiger charge is 2.53. The first kappa shape index (κ1) is 88.1. The van der Waals surface area contributed by atoms with Crippen LogP contribution in [0.25, 0.3) is 0 Å². The maximum Gasteiger partial charge on any atom is 0.327 e. The fourth-order valence-corrected chi connectivity index (χ4v) is 12.3. The first-order chi connectivity index (χ1) is 46.8. The molecule has 12 N–H and O–H groups in total. The monoisotopic (exact) mass is 1410 g/mol. The van der Waals surface area contributed by atoms with Gasteiger partial charge < -0.3 is 109 Å². The van der Waals surface area contributed by atoms with Crippen molar-refractivity contribution in [3.63, 3.8) is 0 Å². The minimum Gasteiger partial charge on any atom is -0.462 e. The van der Waals surface area contributed by atoms with Gasteiger partial charge in [-0.15, -0.1) is 0 Å². The molecule has 0 radical (unpaired) electrons. The summed E-state index contributed by atoms with van der Waals surface area (Å²) in [5.41, 5.74) is 0. The van der Waals surface area contributed by atoms with Crippen LogP contribution < -0.4 is 10.6 Å². The molecule has 0 saturated carbocycles. The zero-order chi connectivity index (χ0) is 71.1. The third-order valence-corrected chi connectivity index (χ3v) is 18.6. The van der Waals surface area contributed by atoms with Crippen molar-refractivity contribution in [3.8, 4) is 0 Å². The Balaban J connectivity index is 1.32. The number of hydrogen-bond acceptors (Lipinski definition) is 25. The Morgan fingerprint density at radius 1 is 0.433 bits per heavy atom. The Labute approximate surface area is 575 Å². The molecule has 3 aliphatic rings. The van der Waals surface area contributed by atoms with E-state index in [1.807, 2.05) is 0 Å². The number of hydrogen-bond donors (Lipinski definition) is 12. The van der Waals surface area contributed by atoms with Crippen molar-refractivity contribution in [1.29, 1.82) is 0 Å². The van der Waals surface area contributed by atoms with E-state index in [0.29, 0.717) is 25.7 Å². The molecule has 27 nitrogen and oxygen atoms in total. The van der Waals surface area contributed by atoms with Crippen molar-refractivity contribution in [2.24, 2.45) is 0 Å². The third-order valence-electron chi connectivity index (χ3n) is 17.3. The van der Waals surface area contributed by atoms with E-state index in [4.69, 9.17) is 46.9 Å². The van der Waals surface area contributed by atoms with E-state index in [1.54, 1.807) is 0 Å². The number of unbranched alkanes of at least 4 members (excludes halogenated alkanes) is 23. The highest BCUT2D eigenvalue weighted by atomic mass is 31.2. The first-order valence-electron chi connectivity index (χ1n) is 36.3. The fourth-order valence-electron chi connectivity index (χ4n) is 11.4. The summed E-state index contributed by atoms with van der Waals surface area (Å²) in [6.07, 6.45) is 13.7. The summed E-state index contributed by atoms with van der Waals surface area (Å²) < 4.78 is 69.1. The van der Waals surface area contributed by atoms with E-state index in [9.17, 15) is 74.8 Å². The van der Waals surface area contributed by atoms with Crippen LogP contribution in [0.3, 0.4) is 0 Å². The van der Waals surface area contributed by atoms with Gasteiger partial charge >= 0.3 is 19.5 Å². The quantitative estimate of drug-likeness (QED) is 0.0143. The topological polar surface area (TPSA) is 404 Å². The van der Waals surface area contributed by atoms with Crippen LogP contribution >= 0.6 is 7.60 Å². The zero-order valence-corrected chi connectivity index (χ0v) is 59.2. The second-order valence-corrected chi connectivity index (χ2v) is 27.9. The molecule has 3 heterocycles. The van der Waals surface area contributed by atoms with Crippen LogP contribution in [0.1, 0.15) is 226 Å². The molecule has 0 bridgehead atoms. The van der Waals surface area contributed by atoms with E-state index < -0.39 is 138 Å². The van der Waals surface area contributed by atoms with Gasteiger partial charge in [0.15, 0.2) is 25.0 Å². The van der Waals surface area contributed by atoms with Crippen LogP contribution in [0.5, 0.6) is 0 Å². The predicted octanol–water partition coefficient (Wildman–Crippen LogP) is 6.02. The van der Waals surface area contributed by atoms with Gasteiger partial charge in [0.2, 0.25) is 11.8 Å². The summed E-state index contributed by atoms with van der Waals surface area (Å²) in [6.45, 7) is 2.59. The Morgan fingerprint density at radius 3 is 1.32 bits per heavy atom. The summed E-state index contributed by atoms with van der Waals surface area (Å²) in [7, 11) is -3.72. The van der Waals surface area contributed by atoms with Crippen molar-refractivity contribution in [1.82, 2.24) is 10.6 Å². The van der Waals surface area contributed by atoms with Crippen LogP contribution in [-0.2, 0) is 70.7 Å². The van der Waals surface area contributed by atoms with Crippen molar-refractivity contribution < 1.29 is 122 Å². The van der Waals surface area contributed by atoms with Crippen LogP contribution in [0, 0.1) is 0 Å². The Hall–Kier alpha value is -3.13. The minimum absolute atomic E-state index is 0.00986. The Morgan fingerprint density at radius 2 is 0.835 bits per heavy atom. The van der Waals surface area contributed by atoms with Gasteiger partial charge in [0.1, 0.15) is 79.9 Å².